The maximum atomic E-state index is 12.8. The third kappa shape index (κ3) is 3.74. The van der Waals surface area contributed by atoms with E-state index < -0.39 is 12.5 Å². The fraction of sp³-hybridized carbons (Fsp3) is 0.238. The number of hydrogen-bond donors (Lipinski definition) is 1. The van der Waals surface area contributed by atoms with Crippen molar-refractivity contribution >= 4 is 11.7 Å². The summed E-state index contributed by atoms with van der Waals surface area (Å²) in [6.45, 7) is -1.01. The highest BCUT2D eigenvalue weighted by Gasteiger charge is 2.31. The number of carbonyl (C=O) groups is 1. The molecule has 1 saturated carbocycles. The summed E-state index contributed by atoms with van der Waals surface area (Å²) in [5.74, 6) is 0.526. The van der Waals surface area contributed by atoms with Crippen LogP contribution in [-0.2, 0) is 0 Å². The summed E-state index contributed by atoms with van der Waals surface area (Å²) in [6.07, 6.45) is 2.18. The molecule has 28 heavy (non-hydrogen) atoms. The first-order valence-electron chi connectivity index (χ1n) is 9.04. The molecule has 0 radical (unpaired) electrons. The first-order chi connectivity index (χ1) is 13.5. The van der Waals surface area contributed by atoms with Gasteiger partial charge in [-0.15, -0.1) is 0 Å². The van der Waals surface area contributed by atoms with Gasteiger partial charge in [-0.3, -0.25) is 4.79 Å². The van der Waals surface area contributed by atoms with Crippen LogP contribution >= 0.6 is 0 Å². The topological polar surface area (TPSA) is 56.2 Å². The third-order valence-corrected chi connectivity index (χ3v) is 4.68. The first-order valence-corrected chi connectivity index (χ1v) is 9.04. The number of aromatic nitrogens is 2. The number of nitrogens with zero attached hydrogens (tertiary/aromatic N) is 2. The summed E-state index contributed by atoms with van der Waals surface area (Å²) in [6, 6.07) is 15.3. The zero-order valence-electron chi connectivity index (χ0n) is 15.2. The third-order valence-electron chi connectivity index (χ3n) is 4.68. The predicted octanol–water partition coefficient (Wildman–Crippen LogP) is 4.91. The van der Waals surface area contributed by atoms with Crippen LogP contribution in [0, 0.1) is 6.92 Å². The van der Waals surface area contributed by atoms with E-state index >= 15 is 0 Å². The van der Waals surface area contributed by atoms with Gasteiger partial charge in [0.2, 0.25) is 0 Å². The second-order valence-electron chi connectivity index (χ2n) is 6.74. The average Bonchev–Trinajstić information content (AvgIpc) is 3.47. The van der Waals surface area contributed by atoms with Crippen molar-refractivity contribution in [2.75, 3.05) is 5.32 Å². The Bertz CT molecular complexity index is 998. The largest absolute Gasteiger partial charge is 0.435 e. The summed E-state index contributed by atoms with van der Waals surface area (Å²) in [5.41, 5.74) is 2.96. The lowest BCUT2D eigenvalue weighted by Crippen LogP contribution is -2.16. The molecule has 0 atom stereocenters. The number of halogens is 2. The molecule has 0 bridgehead atoms. The van der Waals surface area contributed by atoms with E-state index in [1.807, 2.05) is 37.3 Å². The van der Waals surface area contributed by atoms with E-state index in [-0.39, 0.29) is 11.3 Å². The quantitative estimate of drug-likeness (QED) is 0.658. The van der Waals surface area contributed by atoms with Crippen molar-refractivity contribution in [3.8, 4) is 11.4 Å². The molecule has 2 aromatic carbocycles. The minimum absolute atomic E-state index is 0.0605. The van der Waals surface area contributed by atoms with E-state index in [9.17, 15) is 13.6 Å². The predicted molar refractivity (Wildman–Crippen MR) is 101 cm³/mol. The number of rotatable bonds is 6. The number of hydrogen-bond acceptors (Lipinski definition) is 3. The molecule has 0 spiro atoms. The van der Waals surface area contributed by atoms with Gasteiger partial charge >= 0.3 is 6.61 Å². The molecule has 144 valence electrons. The monoisotopic (exact) mass is 383 g/mol. The van der Waals surface area contributed by atoms with Crippen LogP contribution in [0.4, 0.5) is 14.6 Å². The van der Waals surface area contributed by atoms with Gasteiger partial charge in [0.1, 0.15) is 11.6 Å². The molecule has 1 aliphatic rings. The van der Waals surface area contributed by atoms with Gasteiger partial charge in [0.15, 0.2) is 0 Å². The lowest BCUT2D eigenvalue weighted by Gasteiger charge is -2.11. The molecule has 7 heteroatoms. The van der Waals surface area contributed by atoms with Crippen LogP contribution in [0.15, 0.2) is 54.6 Å². The number of ether oxygens (including phenoxy) is 1. The molecule has 1 aliphatic carbocycles. The summed E-state index contributed by atoms with van der Waals surface area (Å²) in [4.78, 5) is 12.8. The summed E-state index contributed by atoms with van der Waals surface area (Å²) < 4.78 is 31.0. The van der Waals surface area contributed by atoms with Gasteiger partial charge in [-0.25, -0.2) is 4.68 Å². The minimum Gasteiger partial charge on any atom is -0.435 e. The van der Waals surface area contributed by atoms with Crippen molar-refractivity contribution in [2.24, 2.45) is 0 Å². The van der Waals surface area contributed by atoms with Crippen molar-refractivity contribution in [1.82, 2.24) is 9.78 Å². The van der Waals surface area contributed by atoms with E-state index in [1.54, 1.807) is 10.7 Å². The second-order valence-corrected chi connectivity index (χ2v) is 6.74. The van der Waals surface area contributed by atoms with Crippen molar-refractivity contribution in [3.05, 3.63) is 71.4 Å². The zero-order chi connectivity index (χ0) is 19.7. The molecule has 1 aromatic heterocycles. The molecule has 5 nitrogen and oxygen atoms in total. The Balaban J connectivity index is 1.66. The first kappa shape index (κ1) is 18.2. The van der Waals surface area contributed by atoms with E-state index in [0.29, 0.717) is 11.7 Å². The second kappa shape index (κ2) is 7.42. The highest BCUT2D eigenvalue weighted by atomic mass is 19.3. The maximum absolute atomic E-state index is 12.8. The van der Waals surface area contributed by atoms with Crippen molar-refractivity contribution in [2.45, 2.75) is 32.3 Å². The summed E-state index contributed by atoms with van der Waals surface area (Å²) in [5, 5.41) is 7.62. The molecule has 1 heterocycles. The van der Waals surface area contributed by atoms with E-state index in [0.717, 1.165) is 29.8 Å². The Kier molecular flexibility index (Phi) is 4.81. The minimum atomic E-state index is -2.94. The van der Waals surface area contributed by atoms with Gasteiger partial charge in [0.25, 0.3) is 5.91 Å². The molecule has 4 rings (SSSR count). The van der Waals surface area contributed by atoms with Crippen LogP contribution in [0.3, 0.4) is 0 Å². The Hall–Kier alpha value is -3.22. The molecule has 0 unspecified atom stereocenters. The number of nitrogens with one attached hydrogen (secondary N) is 1. The highest BCUT2D eigenvalue weighted by molar-refractivity contribution is 6.04. The number of alkyl halides is 2. The number of amides is 1. The number of carbonyl (C=O) groups excluding carboxylic acids is 1. The molecule has 0 aliphatic heterocycles. The lowest BCUT2D eigenvalue weighted by atomic mass is 10.1. The van der Waals surface area contributed by atoms with Crippen molar-refractivity contribution < 1.29 is 18.3 Å². The van der Waals surface area contributed by atoms with Gasteiger partial charge in [-0.1, -0.05) is 24.3 Å². The molecule has 3 aromatic rings. The number of para-hydroxylation sites is 1. The average molecular weight is 383 g/mol. The Morgan fingerprint density at radius 3 is 2.61 bits per heavy atom. The molecule has 1 N–H and O–H groups in total. The smallest absolute Gasteiger partial charge is 0.387 e. The fourth-order valence-electron chi connectivity index (χ4n) is 3.15. The normalized spacial score (nSPS) is 13.6. The van der Waals surface area contributed by atoms with Gasteiger partial charge in [0.05, 0.1) is 11.4 Å². The van der Waals surface area contributed by atoms with Crippen molar-refractivity contribution in [1.29, 1.82) is 0 Å². The standard InChI is InChI=1S/C21H19F2N3O2/c1-13-18(14-10-11-14)25-26(16-7-3-2-4-8-16)19(13)24-20(27)15-6-5-9-17(12-15)28-21(22)23/h2-9,12,14,21H,10-11H2,1H3,(H,24,27). The van der Waals surface area contributed by atoms with Crippen LogP contribution < -0.4 is 10.1 Å². The maximum Gasteiger partial charge on any atom is 0.387 e. The molecular weight excluding hydrogens is 364 g/mol. The molecule has 1 fully saturated rings. The Labute approximate surface area is 160 Å². The van der Waals surface area contributed by atoms with Crippen LogP contribution in [0.2, 0.25) is 0 Å². The number of benzene rings is 2. The SMILES string of the molecule is Cc1c(C2CC2)nn(-c2ccccc2)c1NC(=O)c1cccc(OC(F)F)c1. The van der Waals surface area contributed by atoms with Crippen LogP contribution in [0.1, 0.15) is 40.4 Å². The van der Waals surface area contributed by atoms with E-state index in [2.05, 4.69) is 10.1 Å². The van der Waals surface area contributed by atoms with Gasteiger partial charge in [0, 0.05) is 17.0 Å². The van der Waals surface area contributed by atoms with Crippen molar-refractivity contribution in [3.63, 3.8) is 0 Å². The van der Waals surface area contributed by atoms with Gasteiger partial charge < -0.3 is 10.1 Å². The Morgan fingerprint density at radius 2 is 1.93 bits per heavy atom. The van der Waals surface area contributed by atoms with E-state index in [1.165, 1.54) is 18.2 Å². The summed E-state index contributed by atoms with van der Waals surface area (Å²) >= 11 is 0. The van der Waals surface area contributed by atoms with Crippen LogP contribution in [0.25, 0.3) is 5.69 Å². The van der Waals surface area contributed by atoms with Crippen LogP contribution in [-0.4, -0.2) is 22.3 Å². The molecular formula is C21H19F2N3O2. The lowest BCUT2D eigenvalue weighted by molar-refractivity contribution is -0.0498. The number of anilines is 1. The van der Waals surface area contributed by atoms with Gasteiger partial charge in [-0.2, -0.15) is 13.9 Å². The highest BCUT2D eigenvalue weighted by Crippen LogP contribution is 2.43. The molecule has 0 saturated heterocycles. The van der Waals surface area contributed by atoms with Gasteiger partial charge in [-0.05, 0) is 50.1 Å². The molecule has 1 amide bonds. The Morgan fingerprint density at radius 1 is 1.18 bits per heavy atom. The fourth-order valence-corrected chi connectivity index (χ4v) is 3.15. The van der Waals surface area contributed by atoms with E-state index in [4.69, 9.17) is 5.10 Å². The van der Waals surface area contributed by atoms with Crippen LogP contribution in [0.5, 0.6) is 5.75 Å². The summed E-state index contributed by atoms with van der Waals surface area (Å²) in [7, 11) is 0. The zero-order valence-corrected chi connectivity index (χ0v) is 15.2.